The number of hydrogen-bond donors (Lipinski definition) is 0. The molecule has 0 aromatic heterocycles. The van der Waals surface area contributed by atoms with Gasteiger partial charge in [0.15, 0.2) is 0 Å². The van der Waals surface area contributed by atoms with Crippen LogP contribution < -0.4 is 0 Å². The monoisotopic (exact) mass is 289 g/mol. The minimum absolute atomic E-state index is 0.264. The molecule has 1 fully saturated rings. The fourth-order valence-corrected chi connectivity index (χ4v) is 2.66. The van der Waals surface area contributed by atoms with E-state index in [0.717, 1.165) is 45.8 Å². The predicted octanol–water partition coefficient (Wildman–Crippen LogP) is 1.67. The van der Waals surface area contributed by atoms with Gasteiger partial charge in [-0.25, -0.2) is 0 Å². The molecule has 2 rings (SSSR count). The lowest BCUT2D eigenvalue weighted by molar-refractivity contribution is -0.132. The number of carbonyl (C=O) groups excluding carboxylic acids is 1. The topological polar surface area (TPSA) is 26.8 Å². The zero-order chi connectivity index (χ0) is 15.1. The van der Waals surface area contributed by atoms with E-state index >= 15 is 0 Å². The van der Waals surface area contributed by atoms with Crippen LogP contribution in [0.25, 0.3) is 0 Å². The van der Waals surface area contributed by atoms with Gasteiger partial charge in [-0.3, -0.25) is 4.79 Å². The van der Waals surface area contributed by atoms with Gasteiger partial charge in [0.1, 0.15) is 0 Å². The van der Waals surface area contributed by atoms with Crippen molar-refractivity contribution in [2.24, 2.45) is 0 Å². The molecule has 1 aromatic carbocycles. The maximum Gasteiger partial charge on any atom is 0.224 e. The summed E-state index contributed by atoms with van der Waals surface area (Å²) in [5, 5.41) is 0. The number of nitrogens with zero attached hydrogens (tertiary/aromatic N) is 3. The van der Waals surface area contributed by atoms with Crippen LogP contribution in [-0.2, 0) is 11.3 Å². The minimum Gasteiger partial charge on any atom is -0.339 e. The van der Waals surface area contributed by atoms with Crippen molar-refractivity contribution >= 4 is 5.91 Å². The molecule has 0 radical (unpaired) electrons. The van der Waals surface area contributed by atoms with E-state index in [1.165, 1.54) is 5.56 Å². The van der Waals surface area contributed by atoms with Crippen molar-refractivity contribution in [3.63, 3.8) is 0 Å². The second-order valence-electron chi connectivity index (χ2n) is 5.79. The minimum atomic E-state index is 0.264. The SMILES string of the molecule is CCN(Cc1ccccc1)C(=O)CCN1CCN(C)CC1. The Balaban J connectivity index is 1.77. The van der Waals surface area contributed by atoms with Crippen molar-refractivity contribution in [3.05, 3.63) is 35.9 Å². The average molecular weight is 289 g/mol. The van der Waals surface area contributed by atoms with Gasteiger partial charge >= 0.3 is 0 Å². The third-order valence-corrected chi connectivity index (χ3v) is 4.19. The number of amides is 1. The zero-order valence-corrected chi connectivity index (χ0v) is 13.3. The molecular weight excluding hydrogens is 262 g/mol. The van der Waals surface area contributed by atoms with Gasteiger partial charge in [-0.2, -0.15) is 0 Å². The quantitative estimate of drug-likeness (QED) is 0.797. The summed E-state index contributed by atoms with van der Waals surface area (Å²) < 4.78 is 0. The van der Waals surface area contributed by atoms with Crippen molar-refractivity contribution < 1.29 is 4.79 Å². The number of carbonyl (C=O) groups is 1. The highest BCUT2D eigenvalue weighted by molar-refractivity contribution is 5.76. The second kappa shape index (κ2) is 8.15. The highest BCUT2D eigenvalue weighted by atomic mass is 16.2. The highest BCUT2D eigenvalue weighted by Gasteiger charge is 2.17. The number of piperazine rings is 1. The molecule has 0 N–H and O–H groups in total. The van der Waals surface area contributed by atoms with E-state index in [1.54, 1.807) is 0 Å². The molecular formula is C17H27N3O. The average Bonchev–Trinajstić information content (AvgIpc) is 2.52. The Bertz CT molecular complexity index is 427. The molecule has 21 heavy (non-hydrogen) atoms. The van der Waals surface area contributed by atoms with Gasteiger partial charge < -0.3 is 14.7 Å². The molecule has 0 bridgehead atoms. The van der Waals surface area contributed by atoms with Gasteiger partial charge in [-0.1, -0.05) is 30.3 Å². The summed E-state index contributed by atoms with van der Waals surface area (Å²) in [7, 11) is 2.15. The molecule has 1 heterocycles. The van der Waals surface area contributed by atoms with E-state index in [2.05, 4.69) is 35.9 Å². The lowest BCUT2D eigenvalue weighted by atomic mass is 10.2. The summed E-state index contributed by atoms with van der Waals surface area (Å²) in [5.41, 5.74) is 1.20. The molecule has 0 unspecified atom stereocenters. The van der Waals surface area contributed by atoms with E-state index in [-0.39, 0.29) is 5.91 Å². The van der Waals surface area contributed by atoms with Crippen LogP contribution >= 0.6 is 0 Å². The molecule has 0 atom stereocenters. The summed E-state index contributed by atoms with van der Waals surface area (Å²) in [6.07, 6.45) is 0.629. The number of likely N-dealkylation sites (N-methyl/N-ethyl adjacent to an activating group) is 1. The first-order valence-electron chi connectivity index (χ1n) is 7.91. The lowest BCUT2D eigenvalue weighted by Gasteiger charge is -2.32. The summed E-state index contributed by atoms with van der Waals surface area (Å²) in [6, 6.07) is 10.2. The Labute approximate surface area is 128 Å². The molecule has 1 saturated heterocycles. The van der Waals surface area contributed by atoms with E-state index in [1.807, 2.05) is 23.1 Å². The van der Waals surface area contributed by atoms with Crippen molar-refractivity contribution in [3.8, 4) is 0 Å². The molecule has 1 amide bonds. The van der Waals surface area contributed by atoms with Crippen LogP contribution in [0.15, 0.2) is 30.3 Å². The zero-order valence-electron chi connectivity index (χ0n) is 13.3. The maximum atomic E-state index is 12.4. The number of hydrogen-bond acceptors (Lipinski definition) is 3. The van der Waals surface area contributed by atoms with Gasteiger partial charge in [0.2, 0.25) is 5.91 Å². The fourth-order valence-electron chi connectivity index (χ4n) is 2.66. The molecule has 0 aliphatic carbocycles. The Morgan fingerprint density at radius 2 is 1.81 bits per heavy atom. The highest BCUT2D eigenvalue weighted by Crippen LogP contribution is 2.07. The summed E-state index contributed by atoms with van der Waals surface area (Å²) >= 11 is 0. The molecule has 116 valence electrons. The van der Waals surface area contributed by atoms with Crippen LogP contribution in [0.5, 0.6) is 0 Å². The van der Waals surface area contributed by atoms with Crippen LogP contribution in [0.4, 0.5) is 0 Å². The molecule has 0 spiro atoms. The van der Waals surface area contributed by atoms with Crippen LogP contribution in [0.3, 0.4) is 0 Å². The van der Waals surface area contributed by atoms with Gasteiger partial charge in [-0.05, 0) is 19.5 Å². The molecule has 0 saturated carbocycles. The van der Waals surface area contributed by atoms with Gasteiger partial charge in [-0.15, -0.1) is 0 Å². The summed E-state index contributed by atoms with van der Waals surface area (Å²) in [5.74, 6) is 0.264. The van der Waals surface area contributed by atoms with Crippen LogP contribution in [0, 0.1) is 0 Å². The molecule has 1 aromatic rings. The Hall–Kier alpha value is -1.39. The van der Waals surface area contributed by atoms with Crippen LogP contribution in [0.1, 0.15) is 18.9 Å². The summed E-state index contributed by atoms with van der Waals surface area (Å²) in [6.45, 7) is 8.80. The molecule has 1 aliphatic rings. The molecule has 4 nitrogen and oxygen atoms in total. The first-order chi connectivity index (χ1) is 10.2. The first kappa shape index (κ1) is 16.0. The Morgan fingerprint density at radius 3 is 2.43 bits per heavy atom. The standard InChI is InChI=1S/C17H27N3O/c1-3-20(15-16-7-5-4-6-8-16)17(21)9-10-19-13-11-18(2)12-14-19/h4-8H,3,9-15H2,1-2H3. The van der Waals surface area contributed by atoms with Gasteiger partial charge in [0.25, 0.3) is 0 Å². The van der Waals surface area contributed by atoms with Gasteiger partial charge in [0, 0.05) is 52.2 Å². The van der Waals surface area contributed by atoms with Crippen LogP contribution in [-0.4, -0.2) is 66.9 Å². The Kier molecular flexibility index (Phi) is 6.21. The van der Waals surface area contributed by atoms with Crippen molar-refractivity contribution in [2.75, 3.05) is 46.3 Å². The molecule has 1 aliphatic heterocycles. The van der Waals surface area contributed by atoms with Gasteiger partial charge in [0.05, 0.1) is 0 Å². The molecule has 4 heteroatoms. The largest absolute Gasteiger partial charge is 0.339 e. The summed E-state index contributed by atoms with van der Waals surface area (Å²) in [4.78, 5) is 19.1. The van der Waals surface area contributed by atoms with E-state index in [4.69, 9.17) is 0 Å². The number of rotatable bonds is 6. The Morgan fingerprint density at radius 1 is 1.14 bits per heavy atom. The van der Waals surface area contributed by atoms with Crippen LogP contribution in [0.2, 0.25) is 0 Å². The first-order valence-corrected chi connectivity index (χ1v) is 7.91. The fraction of sp³-hybridized carbons (Fsp3) is 0.588. The maximum absolute atomic E-state index is 12.4. The third kappa shape index (κ3) is 5.14. The second-order valence-corrected chi connectivity index (χ2v) is 5.79. The van der Waals surface area contributed by atoms with E-state index < -0.39 is 0 Å². The number of benzene rings is 1. The van der Waals surface area contributed by atoms with Crippen molar-refractivity contribution in [1.82, 2.24) is 14.7 Å². The smallest absolute Gasteiger partial charge is 0.224 e. The van der Waals surface area contributed by atoms with Crippen molar-refractivity contribution in [1.29, 1.82) is 0 Å². The van der Waals surface area contributed by atoms with E-state index in [9.17, 15) is 4.79 Å². The normalized spacial score (nSPS) is 16.9. The van der Waals surface area contributed by atoms with Crippen molar-refractivity contribution in [2.45, 2.75) is 19.9 Å². The third-order valence-electron chi connectivity index (χ3n) is 4.19. The van der Waals surface area contributed by atoms with E-state index in [0.29, 0.717) is 6.42 Å². The lowest BCUT2D eigenvalue weighted by Crippen LogP contribution is -2.45. The predicted molar refractivity (Wildman–Crippen MR) is 86.1 cm³/mol.